The summed E-state index contributed by atoms with van der Waals surface area (Å²) in [6, 6.07) is 6.32. The highest BCUT2D eigenvalue weighted by Gasteiger charge is 2.09. The van der Waals surface area contributed by atoms with Crippen LogP contribution >= 0.6 is 0 Å². The number of halogens is 1. The molecule has 0 bridgehead atoms. The van der Waals surface area contributed by atoms with Gasteiger partial charge in [0.2, 0.25) is 0 Å². The highest BCUT2D eigenvalue weighted by Crippen LogP contribution is 2.08. The lowest BCUT2D eigenvalue weighted by atomic mass is 10.1. The van der Waals surface area contributed by atoms with Crippen molar-refractivity contribution in [3.05, 3.63) is 47.6 Å². The van der Waals surface area contributed by atoms with Gasteiger partial charge in [-0.3, -0.25) is 0 Å². The van der Waals surface area contributed by atoms with E-state index in [0.717, 1.165) is 11.8 Å². The monoisotopic (exact) mass is 250 g/mol. The molecule has 2 aromatic rings. The predicted octanol–water partition coefficient (Wildman–Crippen LogP) is 2.17. The molecule has 2 rings (SSSR count). The fourth-order valence-electron chi connectivity index (χ4n) is 1.42. The van der Waals surface area contributed by atoms with E-state index >= 15 is 0 Å². The van der Waals surface area contributed by atoms with Crippen molar-refractivity contribution in [3.63, 3.8) is 0 Å². The first-order chi connectivity index (χ1) is 8.65. The van der Waals surface area contributed by atoms with Gasteiger partial charge in [-0.1, -0.05) is 12.1 Å². The zero-order chi connectivity index (χ0) is 13.0. The van der Waals surface area contributed by atoms with Gasteiger partial charge in [-0.25, -0.2) is 9.18 Å². The van der Waals surface area contributed by atoms with Crippen LogP contribution < -0.4 is 5.32 Å². The number of hydrogen-bond donors (Lipinski definition) is 2. The van der Waals surface area contributed by atoms with Crippen molar-refractivity contribution >= 4 is 12.0 Å². The van der Waals surface area contributed by atoms with E-state index in [9.17, 15) is 9.18 Å². The molecular weight excluding hydrogens is 239 g/mol. The van der Waals surface area contributed by atoms with E-state index in [1.54, 1.807) is 12.1 Å². The predicted molar refractivity (Wildman–Crippen MR) is 62.1 cm³/mol. The molecule has 0 aliphatic rings. The number of oxazole rings is 1. The highest BCUT2D eigenvalue weighted by atomic mass is 19.1. The number of nitrogens with zero attached hydrogens (tertiary/aromatic N) is 1. The van der Waals surface area contributed by atoms with Gasteiger partial charge in [0.1, 0.15) is 12.1 Å². The van der Waals surface area contributed by atoms with Crippen LogP contribution in [-0.2, 0) is 6.42 Å². The fraction of sp³-hybridized carbons (Fsp3) is 0.167. The number of rotatable bonds is 5. The largest absolute Gasteiger partial charge is 0.476 e. The number of carbonyl (C=O) groups is 1. The van der Waals surface area contributed by atoms with Gasteiger partial charge in [0, 0.05) is 6.54 Å². The SMILES string of the molecule is O=C(O)c1coc(NCCc2ccc(F)cc2)n1. The Balaban J connectivity index is 1.84. The van der Waals surface area contributed by atoms with E-state index in [1.165, 1.54) is 12.1 Å². The Morgan fingerprint density at radius 2 is 2.11 bits per heavy atom. The van der Waals surface area contributed by atoms with Crippen molar-refractivity contribution in [1.29, 1.82) is 0 Å². The molecule has 0 atom stereocenters. The molecule has 1 heterocycles. The molecule has 0 spiro atoms. The molecule has 0 aliphatic heterocycles. The summed E-state index contributed by atoms with van der Waals surface area (Å²) >= 11 is 0. The molecule has 1 aromatic carbocycles. The molecule has 0 fully saturated rings. The van der Waals surface area contributed by atoms with Gasteiger partial charge < -0.3 is 14.8 Å². The van der Waals surface area contributed by atoms with Crippen molar-refractivity contribution in [2.45, 2.75) is 6.42 Å². The van der Waals surface area contributed by atoms with Crippen LogP contribution in [0.5, 0.6) is 0 Å². The lowest BCUT2D eigenvalue weighted by molar-refractivity contribution is 0.0690. The molecule has 0 amide bonds. The Hall–Kier alpha value is -2.37. The second-order valence-corrected chi connectivity index (χ2v) is 3.65. The van der Waals surface area contributed by atoms with Crippen molar-refractivity contribution in [2.75, 3.05) is 11.9 Å². The van der Waals surface area contributed by atoms with Crippen LogP contribution in [0.25, 0.3) is 0 Å². The van der Waals surface area contributed by atoms with Crippen LogP contribution in [0, 0.1) is 5.82 Å². The van der Waals surface area contributed by atoms with Crippen LogP contribution in [0.2, 0.25) is 0 Å². The number of aromatic carboxylic acids is 1. The molecule has 0 unspecified atom stereocenters. The third-order valence-electron chi connectivity index (χ3n) is 2.33. The average Bonchev–Trinajstić information content (AvgIpc) is 2.81. The first-order valence-corrected chi connectivity index (χ1v) is 5.32. The van der Waals surface area contributed by atoms with Gasteiger partial charge in [-0.2, -0.15) is 4.98 Å². The molecule has 94 valence electrons. The first kappa shape index (κ1) is 12.1. The van der Waals surface area contributed by atoms with Crippen molar-refractivity contribution in [1.82, 2.24) is 4.98 Å². The zero-order valence-electron chi connectivity index (χ0n) is 9.39. The van der Waals surface area contributed by atoms with Gasteiger partial charge in [0.15, 0.2) is 5.69 Å². The highest BCUT2D eigenvalue weighted by molar-refractivity contribution is 5.85. The van der Waals surface area contributed by atoms with E-state index in [1.807, 2.05) is 0 Å². The lowest BCUT2D eigenvalue weighted by Crippen LogP contribution is -2.05. The maximum Gasteiger partial charge on any atom is 0.357 e. The first-order valence-electron chi connectivity index (χ1n) is 5.32. The molecule has 5 nitrogen and oxygen atoms in total. The summed E-state index contributed by atoms with van der Waals surface area (Å²) in [6.45, 7) is 0.519. The number of benzene rings is 1. The summed E-state index contributed by atoms with van der Waals surface area (Å²) in [5.74, 6) is -1.41. The molecule has 2 N–H and O–H groups in total. The Morgan fingerprint density at radius 3 is 2.72 bits per heavy atom. The summed E-state index contributed by atoms with van der Waals surface area (Å²) in [7, 11) is 0. The van der Waals surface area contributed by atoms with Crippen LogP contribution in [-0.4, -0.2) is 22.6 Å². The molecule has 0 aliphatic carbocycles. The third kappa shape index (κ3) is 3.07. The summed E-state index contributed by atoms with van der Waals surface area (Å²) in [6.07, 6.45) is 1.73. The Bertz CT molecular complexity index is 537. The summed E-state index contributed by atoms with van der Waals surface area (Å²) in [4.78, 5) is 14.3. The maximum atomic E-state index is 12.7. The molecule has 0 saturated heterocycles. The summed E-state index contributed by atoms with van der Waals surface area (Å²) in [5.41, 5.74) is 0.827. The number of carboxylic acid groups (broad SMARTS) is 1. The molecule has 1 aromatic heterocycles. The van der Waals surface area contributed by atoms with E-state index < -0.39 is 5.97 Å². The van der Waals surface area contributed by atoms with Gasteiger partial charge in [0.25, 0.3) is 6.01 Å². The lowest BCUT2D eigenvalue weighted by Gasteiger charge is -2.01. The molecular formula is C12H11FN2O3. The quantitative estimate of drug-likeness (QED) is 0.850. The molecule has 0 saturated carbocycles. The van der Waals surface area contributed by atoms with E-state index in [-0.39, 0.29) is 17.5 Å². The number of anilines is 1. The Morgan fingerprint density at radius 1 is 1.39 bits per heavy atom. The Kier molecular flexibility index (Phi) is 3.57. The topological polar surface area (TPSA) is 75.4 Å². The van der Waals surface area contributed by atoms with Crippen LogP contribution in [0.3, 0.4) is 0 Å². The fourth-order valence-corrected chi connectivity index (χ4v) is 1.42. The number of carboxylic acids is 1. The summed E-state index contributed by atoms with van der Waals surface area (Å²) in [5, 5.41) is 11.5. The molecule has 18 heavy (non-hydrogen) atoms. The van der Waals surface area contributed by atoms with Gasteiger partial charge in [0.05, 0.1) is 0 Å². The van der Waals surface area contributed by atoms with Gasteiger partial charge in [-0.05, 0) is 24.1 Å². The number of aromatic nitrogens is 1. The molecule has 0 radical (unpaired) electrons. The van der Waals surface area contributed by atoms with E-state index in [4.69, 9.17) is 9.52 Å². The molecule has 6 heteroatoms. The number of hydrogen-bond acceptors (Lipinski definition) is 4. The van der Waals surface area contributed by atoms with Gasteiger partial charge in [-0.15, -0.1) is 0 Å². The third-order valence-corrected chi connectivity index (χ3v) is 2.33. The minimum atomic E-state index is -1.13. The average molecular weight is 250 g/mol. The Labute approximate surface area is 102 Å². The van der Waals surface area contributed by atoms with Crippen molar-refractivity contribution < 1.29 is 18.7 Å². The minimum Gasteiger partial charge on any atom is -0.476 e. The van der Waals surface area contributed by atoms with Gasteiger partial charge >= 0.3 is 5.97 Å². The van der Waals surface area contributed by atoms with E-state index in [0.29, 0.717) is 13.0 Å². The minimum absolute atomic E-state index is 0.140. The van der Waals surface area contributed by atoms with Crippen molar-refractivity contribution in [3.8, 4) is 0 Å². The zero-order valence-corrected chi connectivity index (χ0v) is 9.39. The smallest absolute Gasteiger partial charge is 0.357 e. The van der Waals surface area contributed by atoms with Crippen LogP contribution in [0.1, 0.15) is 16.1 Å². The normalized spacial score (nSPS) is 10.3. The van der Waals surface area contributed by atoms with E-state index in [2.05, 4.69) is 10.3 Å². The second kappa shape index (κ2) is 5.31. The number of nitrogens with one attached hydrogen (secondary N) is 1. The standard InChI is InChI=1S/C12H11FN2O3/c13-9-3-1-8(2-4-9)5-6-14-12-15-10(7-18-12)11(16)17/h1-4,7H,5-6H2,(H,14,15)(H,16,17). The second-order valence-electron chi connectivity index (χ2n) is 3.65. The van der Waals surface area contributed by atoms with Crippen molar-refractivity contribution in [2.24, 2.45) is 0 Å². The summed E-state index contributed by atoms with van der Waals surface area (Å²) < 4.78 is 17.6. The van der Waals surface area contributed by atoms with Crippen LogP contribution in [0.4, 0.5) is 10.4 Å². The maximum absolute atomic E-state index is 12.7. The van der Waals surface area contributed by atoms with Crippen LogP contribution in [0.15, 0.2) is 34.9 Å².